The highest BCUT2D eigenvalue weighted by Gasteiger charge is 2.09. The van der Waals surface area contributed by atoms with Gasteiger partial charge in [-0.25, -0.2) is 4.79 Å². The van der Waals surface area contributed by atoms with Crippen molar-refractivity contribution in [3.05, 3.63) is 41.6 Å². The van der Waals surface area contributed by atoms with E-state index < -0.39 is 5.97 Å². The Labute approximate surface area is 121 Å². The first-order valence-electron chi connectivity index (χ1n) is 7.40. The summed E-state index contributed by atoms with van der Waals surface area (Å²) >= 11 is 0. The lowest BCUT2D eigenvalue weighted by Gasteiger charge is -2.13. The van der Waals surface area contributed by atoms with Gasteiger partial charge in [0, 0.05) is 11.4 Å². The monoisotopic (exact) mass is 275 g/mol. The molecule has 20 heavy (non-hydrogen) atoms. The molecule has 0 aliphatic rings. The van der Waals surface area contributed by atoms with Crippen molar-refractivity contribution in [1.82, 2.24) is 0 Å². The SMILES string of the molecule is CCCCCCC/C(Nc1ccccc1)=C(\C)C(=O)O. The van der Waals surface area contributed by atoms with Gasteiger partial charge >= 0.3 is 5.97 Å². The van der Waals surface area contributed by atoms with Gasteiger partial charge < -0.3 is 10.4 Å². The van der Waals surface area contributed by atoms with Gasteiger partial charge in [-0.3, -0.25) is 0 Å². The maximum Gasteiger partial charge on any atom is 0.333 e. The molecule has 0 atom stereocenters. The van der Waals surface area contributed by atoms with Crippen LogP contribution in [0.1, 0.15) is 52.4 Å². The largest absolute Gasteiger partial charge is 0.478 e. The van der Waals surface area contributed by atoms with E-state index in [9.17, 15) is 9.90 Å². The minimum Gasteiger partial charge on any atom is -0.478 e. The van der Waals surface area contributed by atoms with Crippen molar-refractivity contribution in [2.24, 2.45) is 0 Å². The molecule has 0 saturated carbocycles. The van der Waals surface area contributed by atoms with Crippen LogP contribution in [-0.4, -0.2) is 11.1 Å². The van der Waals surface area contributed by atoms with Crippen LogP contribution in [0.4, 0.5) is 5.69 Å². The van der Waals surface area contributed by atoms with Gasteiger partial charge in [-0.1, -0.05) is 50.8 Å². The van der Waals surface area contributed by atoms with Crippen LogP contribution in [0.3, 0.4) is 0 Å². The Balaban J connectivity index is 2.62. The summed E-state index contributed by atoms with van der Waals surface area (Å²) in [4.78, 5) is 11.2. The van der Waals surface area contributed by atoms with E-state index in [4.69, 9.17) is 0 Å². The van der Waals surface area contributed by atoms with Crippen LogP contribution < -0.4 is 5.32 Å². The normalized spacial score (nSPS) is 11.9. The molecule has 0 spiro atoms. The van der Waals surface area contributed by atoms with Gasteiger partial charge in [0.15, 0.2) is 0 Å². The number of allylic oxidation sites excluding steroid dienone is 1. The van der Waals surface area contributed by atoms with E-state index in [-0.39, 0.29) is 0 Å². The van der Waals surface area contributed by atoms with Gasteiger partial charge in [0.25, 0.3) is 0 Å². The Bertz CT molecular complexity index is 438. The van der Waals surface area contributed by atoms with Crippen LogP contribution in [0, 0.1) is 0 Å². The lowest BCUT2D eigenvalue weighted by Crippen LogP contribution is -2.08. The van der Waals surface area contributed by atoms with Crippen LogP contribution in [0.5, 0.6) is 0 Å². The first kappa shape index (κ1) is 16.3. The van der Waals surface area contributed by atoms with E-state index >= 15 is 0 Å². The van der Waals surface area contributed by atoms with E-state index in [1.54, 1.807) is 6.92 Å². The Morgan fingerprint density at radius 3 is 2.35 bits per heavy atom. The smallest absolute Gasteiger partial charge is 0.333 e. The number of para-hydroxylation sites is 1. The number of benzene rings is 1. The Hall–Kier alpha value is -1.77. The average Bonchev–Trinajstić information content (AvgIpc) is 2.46. The summed E-state index contributed by atoms with van der Waals surface area (Å²) in [6.45, 7) is 3.86. The van der Waals surface area contributed by atoms with E-state index in [0.29, 0.717) is 5.57 Å². The summed E-state index contributed by atoms with van der Waals surface area (Å²) in [7, 11) is 0. The molecule has 0 radical (unpaired) electrons. The summed E-state index contributed by atoms with van der Waals surface area (Å²) < 4.78 is 0. The number of nitrogens with one attached hydrogen (secondary N) is 1. The number of rotatable bonds is 9. The van der Waals surface area contributed by atoms with Crippen LogP contribution in [0.15, 0.2) is 41.6 Å². The molecule has 3 heteroatoms. The fourth-order valence-corrected chi connectivity index (χ4v) is 2.07. The average molecular weight is 275 g/mol. The van der Waals surface area contributed by atoms with Crippen molar-refractivity contribution in [2.75, 3.05) is 5.32 Å². The third-order valence-corrected chi connectivity index (χ3v) is 3.37. The summed E-state index contributed by atoms with van der Waals surface area (Å²) in [5, 5.41) is 12.4. The van der Waals surface area contributed by atoms with E-state index in [2.05, 4.69) is 12.2 Å². The zero-order chi connectivity index (χ0) is 14.8. The third kappa shape index (κ3) is 5.91. The fraction of sp³-hybridized carbons (Fsp3) is 0.471. The lowest BCUT2D eigenvalue weighted by molar-refractivity contribution is -0.132. The lowest BCUT2D eigenvalue weighted by atomic mass is 10.1. The molecule has 1 rings (SSSR count). The molecule has 0 aliphatic heterocycles. The maximum atomic E-state index is 11.2. The number of unbranched alkanes of at least 4 members (excludes halogenated alkanes) is 4. The highest BCUT2D eigenvalue weighted by Crippen LogP contribution is 2.18. The topological polar surface area (TPSA) is 49.3 Å². The first-order valence-corrected chi connectivity index (χ1v) is 7.40. The second-order valence-corrected chi connectivity index (χ2v) is 5.06. The Morgan fingerprint density at radius 2 is 1.75 bits per heavy atom. The zero-order valence-corrected chi connectivity index (χ0v) is 12.5. The molecule has 3 nitrogen and oxygen atoms in total. The number of hydrogen-bond donors (Lipinski definition) is 2. The predicted molar refractivity (Wildman–Crippen MR) is 83.8 cm³/mol. The van der Waals surface area contributed by atoms with Crippen LogP contribution >= 0.6 is 0 Å². The number of anilines is 1. The predicted octanol–water partition coefficient (Wildman–Crippen LogP) is 4.82. The summed E-state index contributed by atoms with van der Waals surface area (Å²) in [6.07, 6.45) is 6.67. The van der Waals surface area contributed by atoms with Gasteiger partial charge in [0.05, 0.1) is 5.57 Å². The number of carboxylic acid groups (broad SMARTS) is 1. The number of hydrogen-bond acceptors (Lipinski definition) is 2. The second-order valence-electron chi connectivity index (χ2n) is 5.06. The minimum absolute atomic E-state index is 0.407. The van der Waals surface area contributed by atoms with Gasteiger partial charge in [-0.15, -0.1) is 0 Å². The molecule has 0 aromatic heterocycles. The van der Waals surface area contributed by atoms with Gasteiger partial charge in [0.2, 0.25) is 0 Å². The quantitative estimate of drug-likeness (QED) is 0.502. The van der Waals surface area contributed by atoms with Gasteiger partial charge in [-0.2, -0.15) is 0 Å². The molecule has 1 aromatic rings. The standard InChI is InChI=1S/C17H25NO2/c1-3-4-5-6-10-13-16(14(2)17(19)20)18-15-11-8-7-9-12-15/h7-9,11-12,18H,3-6,10,13H2,1-2H3,(H,19,20)/b16-14-. The molecular weight excluding hydrogens is 250 g/mol. The Kier molecular flexibility index (Phi) is 7.48. The molecule has 0 aliphatic carbocycles. The third-order valence-electron chi connectivity index (χ3n) is 3.37. The molecule has 0 fully saturated rings. The molecular formula is C17H25NO2. The van der Waals surface area contributed by atoms with Crippen molar-refractivity contribution >= 4 is 11.7 Å². The molecule has 0 amide bonds. The fourth-order valence-electron chi connectivity index (χ4n) is 2.07. The molecule has 0 saturated heterocycles. The van der Waals surface area contributed by atoms with Crippen molar-refractivity contribution in [3.8, 4) is 0 Å². The number of carboxylic acids is 1. The molecule has 0 bridgehead atoms. The summed E-state index contributed by atoms with van der Waals surface area (Å²) in [6, 6.07) is 9.73. The van der Waals surface area contributed by atoms with Crippen LogP contribution in [0.2, 0.25) is 0 Å². The number of carbonyl (C=O) groups is 1. The van der Waals surface area contributed by atoms with E-state index in [1.807, 2.05) is 30.3 Å². The van der Waals surface area contributed by atoms with E-state index in [1.165, 1.54) is 19.3 Å². The van der Waals surface area contributed by atoms with Gasteiger partial charge in [-0.05, 0) is 31.9 Å². The minimum atomic E-state index is -0.850. The van der Waals surface area contributed by atoms with Crippen molar-refractivity contribution in [1.29, 1.82) is 0 Å². The zero-order valence-electron chi connectivity index (χ0n) is 12.5. The Morgan fingerprint density at radius 1 is 1.10 bits per heavy atom. The van der Waals surface area contributed by atoms with Crippen LogP contribution in [-0.2, 0) is 4.79 Å². The first-order chi connectivity index (χ1) is 9.65. The van der Waals surface area contributed by atoms with Crippen LogP contribution in [0.25, 0.3) is 0 Å². The second kappa shape index (κ2) is 9.18. The van der Waals surface area contributed by atoms with E-state index in [0.717, 1.165) is 30.6 Å². The molecule has 0 unspecified atom stereocenters. The summed E-state index contributed by atoms with van der Waals surface area (Å²) in [5.74, 6) is -0.850. The molecule has 2 N–H and O–H groups in total. The molecule has 0 heterocycles. The molecule has 1 aromatic carbocycles. The van der Waals surface area contributed by atoms with Crippen molar-refractivity contribution in [2.45, 2.75) is 52.4 Å². The number of aliphatic carboxylic acids is 1. The molecule has 110 valence electrons. The summed E-state index contributed by atoms with van der Waals surface area (Å²) in [5.41, 5.74) is 2.17. The van der Waals surface area contributed by atoms with Crippen molar-refractivity contribution < 1.29 is 9.90 Å². The van der Waals surface area contributed by atoms with Gasteiger partial charge in [0.1, 0.15) is 0 Å². The highest BCUT2D eigenvalue weighted by molar-refractivity contribution is 5.87. The van der Waals surface area contributed by atoms with Crippen molar-refractivity contribution in [3.63, 3.8) is 0 Å². The highest BCUT2D eigenvalue weighted by atomic mass is 16.4. The maximum absolute atomic E-state index is 11.2.